The lowest BCUT2D eigenvalue weighted by Gasteiger charge is -2.41. The van der Waals surface area contributed by atoms with Crippen molar-refractivity contribution in [2.75, 3.05) is 44.3 Å². The molecule has 3 aromatic heterocycles. The summed E-state index contributed by atoms with van der Waals surface area (Å²) in [5.74, 6) is 0.289. The molecule has 43 heavy (non-hydrogen) atoms. The van der Waals surface area contributed by atoms with Crippen LogP contribution in [0.25, 0.3) is 22.1 Å². The smallest absolute Gasteiger partial charge is 0.254 e. The van der Waals surface area contributed by atoms with Gasteiger partial charge in [-0.25, -0.2) is 18.7 Å². The number of nitrogens with zero attached hydrogens (tertiary/aromatic N) is 4. The van der Waals surface area contributed by atoms with E-state index in [2.05, 4.69) is 9.88 Å². The number of pyridine rings is 1. The third-order valence-corrected chi connectivity index (χ3v) is 8.78. The molecule has 1 aromatic carbocycles. The molecule has 228 valence electrons. The van der Waals surface area contributed by atoms with E-state index in [1.807, 2.05) is 0 Å². The number of aromatic amines is 1. The highest BCUT2D eigenvalue weighted by Crippen LogP contribution is 2.40. The summed E-state index contributed by atoms with van der Waals surface area (Å²) < 4.78 is 41.4. The maximum absolute atomic E-state index is 15.9. The number of likely N-dealkylation sites (tertiary alicyclic amines) is 1. The van der Waals surface area contributed by atoms with Gasteiger partial charge in [-0.15, -0.1) is 0 Å². The van der Waals surface area contributed by atoms with Crippen LogP contribution in [0, 0.1) is 11.7 Å². The first-order valence-electron chi connectivity index (χ1n) is 14.8. The first-order valence-corrected chi connectivity index (χ1v) is 15.2. The van der Waals surface area contributed by atoms with Gasteiger partial charge < -0.3 is 23.9 Å². The van der Waals surface area contributed by atoms with Crippen LogP contribution in [0.5, 0.6) is 0 Å². The van der Waals surface area contributed by atoms with E-state index in [9.17, 15) is 14.0 Å². The molecule has 4 aromatic rings. The maximum atomic E-state index is 15.9. The minimum atomic E-state index is -1.87. The largest absolute Gasteiger partial charge is 0.450 e. The van der Waals surface area contributed by atoms with E-state index in [1.54, 1.807) is 17.9 Å². The number of halogens is 3. The molecule has 2 aliphatic heterocycles. The van der Waals surface area contributed by atoms with Crippen LogP contribution in [0.2, 0.25) is 5.02 Å². The second-order valence-corrected chi connectivity index (χ2v) is 11.9. The van der Waals surface area contributed by atoms with Crippen LogP contribution in [-0.2, 0) is 21.6 Å². The molecule has 2 fully saturated rings. The number of hydrogen-bond acceptors (Lipinski definition) is 7. The number of fused-ring (bicyclic) bond motifs is 3. The number of hydrogen-bond donors (Lipinski definition) is 1. The van der Waals surface area contributed by atoms with Gasteiger partial charge in [0, 0.05) is 69.2 Å². The summed E-state index contributed by atoms with van der Waals surface area (Å²) in [4.78, 5) is 40.9. The number of rotatable bonds is 9. The van der Waals surface area contributed by atoms with Crippen molar-refractivity contribution in [3.63, 3.8) is 0 Å². The van der Waals surface area contributed by atoms with Gasteiger partial charge in [-0.05, 0) is 43.9 Å². The van der Waals surface area contributed by atoms with Crippen LogP contribution < -0.4 is 10.5 Å². The summed E-state index contributed by atoms with van der Waals surface area (Å²) in [5, 5.41) is 1.02. The molecule has 1 N–H and O–H groups in total. The number of aromatic nitrogens is 3. The number of carbonyl (C=O) groups excluding carboxylic acids is 1. The second-order valence-electron chi connectivity index (χ2n) is 11.5. The molecule has 6 rings (SSSR count). The van der Waals surface area contributed by atoms with Crippen molar-refractivity contribution in [3.05, 3.63) is 63.0 Å². The van der Waals surface area contributed by atoms with Crippen molar-refractivity contribution < 1.29 is 22.7 Å². The van der Waals surface area contributed by atoms with Gasteiger partial charge in [-0.2, -0.15) is 0 Å². The topological polar surface area (TPSA) is 105 Å². The number of alkyl halides is 1. The molecule has 2 aliphatic rings. The summed E-state index contributed by atoms with van der Waals surface area (Å²) in [7, 11) is 0. The van der Waals surface area contributed by atoms with E-state index in [1.165, 1.54) is 24.4 Å². The van der Waals surface area contributed by atoms with Crippen molar-refractivity contribution in [2.24, 2.45) is 5.92 Å². The Kier molecular flexibility index (Phi) is 8.37. The first kappa shape index (κ1) is 29.5. The number of ether oxygens (including phenoxy) is 1. The molecule has 9 nitrogen and oxygen atoms in total. The van der Waals surface area contributed by atoms with Crippen LogP contribution in [-0.4, -0.2) is 65.2 Å². The number of piperidine rings is 1. The summed E-state index contributed by atoms with van der Waals surface area (Å²) in [5.41, 5.74) is -0.636. The zero-order valence-electron chi connectivity index (χ0n) is 24.0. The van der Waals surface area contributed by atoms with Gasteiger partial charge in [0.05, 0.1) is 10.6 Å². The molecule has 2 unspecified atom stereocenters. The zero-order chi connectivity index (χ0) is 30.1. The molecular weight excluding hydrogens is 580 g/mol. The molecule has 1 amide bonds. The fraction of sp³-hybridized carbons (Fsp3) is 0.484. The minimum absolute atomic E-state index is 0.00128. The Balaban J connectivity index is 1.02. The van der Waals surface area contributed by atoms with Gasteiger partial charge in [-0.1, -0.05) is 18.5 Å². The molecule has 5 heterocycles. The van der Waals surface area contributed by atoms with Crippen LogP contribution in [0.15, 0.2) is 39.7 Å². The Bertz CT molecular complexity index is 1710. The van der Waals surface area contributed by atoms with Crippen molar-refractivity contribution in [1.82, 2.24) is 19.9 Å². The lowest BCUT2D eigenvalue weighted by atomic mass is 9.79. The van der Waals surface area contributed by atoms with Crippen molar-refractivity contribution in [2.45, 2.75) is 51.1 Å². The Morgan fingerprint density at radius 2 is 2.02 bits per heavy atom. The molecule has 0 spiro atoms. The number of amides is 1. The number of nitrogens with one attached hydrogen (secondary N) is 1. The fourth-order valence-electron chi connectivity index (χ4n) is 6.14. The third-order valence-electron chi connectivity index (χ3n) is 8.56. The summed E-state index contributed by atoms with van der Waals surface area (Å²) in [6, 6.07) is 5.85. The van der Waals surface area contributed by atoms with E-state index in [0.717, 1.165) is 43.6 Å². The van der Waals surface area contributed by atoms with E-state index < -0.39 is 17.1 Å². The highest BCUT2D eigenvalue weighted by molar-refractivity contribution is 6.30. The van der Waals surface area contributed by atoms with E-state index in [0.29, 0.717) is 42.0 Å². The normalized spacial score (nSPS) is 20.9. The molecule has 0 bridgehead atoms. The molecule has 0 radical (unpaired) electrons. The maximum Gasteiger partial charge on any atom is 0.254 e. The van der Waals surface area contributed by atoms with Gasteiger partial charge in [0.1, 0.15) is 35.0 Å². The first-order chi connectivity index (χ1) is 20.7. The van der Waals surface area contributed by atoms with Crippen molar-refractivity contribution >= 4 is 45.4 Å². The summed E-state index contributed by atoms with van der Waals surface area (Å²) in [6.45, 7) is 4.13. The molecule has 0 aliphatic carbocycles. The van der Waals surface area contributed by atoms with Crippen LogP contribution in [0.1, 0.15) is 50.4 Å². The number of benzene rings is 1. The second kappa shape index (κ2) is 12.2. The summed E-state index contributed by atoms with van der Waals surface area (Å²) >= 11 is 5.99. The quantitative estimate of drug-likeness (QED) is 0.248. The van der Waals surface area contributed by atoms with Gasteiger partial charge in [-0.3, -0.25) is 9.59 Å². The lowest BCUT2D eigenvalue weighted by Crippen LogP contribution is -2.51. The van der Waals surface area contributed by atoms with Crippen molar-refractivity contribution in [1.29, 1.82) is 0 Å². The third kappa shape index (κ3) is 5.97. The van der Waals surface area contributed by atoms with Crippen LogP contribution in [0.3, 0.4) is 0 Å². The molecule has 2 saturated heterocycles. The van der Waals surface area contributed by atoms with Crippen LogP contribution in [0.4, 0.5) is 14.6 Å². The molecule has 2 atom stereocenters. The number of carbonyl (C=O) groups is 1. The Hall–Kier alpha value is -3.57. The zero-order valence-corrected chi connectivity index (χ0v) is 24.8. The Labute approximate surface area is 252 Å². The van der Waals surface area contributed by atoms with E-state index in [-0.39, 0.29) is 48.4 Å². The molecule has 12 heteroatoms. The molecular formula is C31H34ClF2N5O4. The predicted molar refractivity (Wildman–Crippen MR) is 160 cm³/mol. The number of furan rings is 1. The number of anilines is 1. The van der Waals surface area contributed by atoms with Crippen LogP contribution >= 0.6 is 11.6 Å². The average molecular weight is 614 g/mol. The van der Waals surface area contributed by atoms with E-state index >= 15 is 4.39 Å². The lowest BCUT2D eigenvalue weighted by molar-refractivity contribution is -0.141. The van der Waals surface area contributed by atoms with Gasteiger partial charge in [0.25, 0.3) is 5.56 Å². The van der Waals surface area contributed by atoms with Crippen molar-refractivity contribution in [3.8, 4) is 0 Å². The van der Waals surface area contributed by atoms with E-state index in [4.69, 9.17) is 30.7 Å². The Morgan fingerprint density at radius 3 is 2.81 bits per heavy atom. The minimum Gasteiger partial charge on any atom is -0.450 e. The predicted octanol–water partition coefficient (Wildman–Crippen LogP) is 5.53. The number of unbranched alkanes of at least 4 members (excludes halogenated alkanes) is 1. The van der Waals surface area contributed by atoms with Gasteiger partial charge >= 0.3 is 0 Å². The summed E-state index contributed by atoms with van der Waals surface area (Å²) in [6.07, 6.45) is 5.58. The highest BCUT2D eigenvalue weighted by Gasteiger charge is 2.45. The highest BCUT2D eigenvalue weighted by atomic mass is 35.5. The monoisotopic (exact) mass is 613 g/mol. The average Bonchev–Trinajstić information content (AvgIpc) is 3.65. The number of H-pyrrole nitrogens is 1. The molecule has 0 saturated carbocycles. The number of aryl methyl sites for hydroxylation is 1. The van der Waals surface area contributed by atoms with Gasteiger partial charge in [0.15, 0.2) is 11.4 Å². The Morgan fingerprint density at radius 1 is 1.21 bits per heavy atom. The fourth-order valence-corrected chi connectivity index (χ4v) is 6.31. The SMILES string of the molecule is CC1CN(C(=O)COCCCCc2nc(N3CCCC3)c3oc4cc(F)ccc4c3n2)CCC1(F)c1cc(Cl)c[nH]c1=O. The standard InChI is InChI=1S/C31H34ClF2N5O4/c1-19-17-39(12-9-31(19,34)23-14-20(32)16-35-30(23)41)26(40)18-42-13-5-2-6-25-36-27-22-8-7-21(33)15-24(22)43-28(27)29(37-25)38-10-3-4-11-38/h7-8,14-16,19H,2-6,9-13,17-18H2,1H3,(H,35,41). The van der Waals surface area contributed by atoms with Gasteiger partial charge in [0.2, 0.25) is 5.91 Å².